The monoisotopic (exact) mass is 2050 g/mol. The van der Waals surface area contributed by atoms with E-state index in [-0.39, 0.29) is 74.4 Å². The molecule has 0 unspecified atom stereocenters. The number of anilines is 8. The average molecular weight is 2050 g/mol. The third-order valence-corrected chi connectivity index (χ3v) is 34.3. The van der Waals surface area contributed by atoms with E-state index >= 15 is 0 Å². The number of halogens is 3. The van der Waals surface area contributed by atoms with E-state index in [9.17, 15) is 64.5 Å². The predicted octanol–water partition coefficient (Wildman–Crippen LogP) is 20.1. The van der Waals surface area contributed by atoms with Crippen LogP contribution in [-0.4, -0.2) is 150 Å². The fraction of sp³-hybridized carbons (Fsp3) is 0.175. The van der Waals surface area contributed by atoms with Crippen molar-refractivity contribution in [2.24, 2.45) is 0 Å². The van der Waals surface area contributed by atoms with Gasteiger partial charge in [0.25, 0.3) is 51.9 Å². The lowest BCUT2D eigenvalue weighted by atomic mass is 9.99. The van der Waals surface area contributed by atoms with E-state index in [1.54, 1.807) is 110 Å². The summed E-state index contributed by atoms with van der Waals surface area (Å²) in [5.41, 5.74) is 12.5. The quantitative estimate of drug-likeness (QED) is 0.0620. The second-order valence-electron chi connectivity index (χ2n) is 33.5. The molecular weight excluding hydrogens is 1960 g/mol. The maximum absolute atomic E-state index is 14.8. The fourth-order valence-corrected chi connectivity index (χ4v) is 25.4. The van der Waals surface area contributed by atoms with Crippen molar-refractivity contribution in [3.63, 3.8) is 0 Å². The number of sulfonamides is 6. The summed E-state index contributed by atoms with van der Waals surface area (Å²) in [5.74, 6) is -1.68. The first-order valence-corrected chi connectivity index (χ1v) is 54.9. The number of nitrogens with zero attached hydrogens (tertiary/aromatic N) is 9. The fourth-order valence-electron chi connectivity index (χ4n) is 16.7. The lowest BCUT2D eigenvalue weighted by molar-refractivity contribution is 0.101. The van der Waals surface area contributed by atoms with Gasteiger partial charge < -0.3 is 20.1 Å². The zero-order valence-corrected chi connectivity index (χ0v) is 82.2. The van der Waals surface area contributed by atoms with E-state index in [1.807, 2.05) is 147 Å². The van der Waals surface area contributed by atoms with Crippen LogP contribution in [0.15, 0.2) is 314 Å². The molecule has 38 heteroatoms. The number of amides is 2. The molecule has 0 radical (unpaired) electrons. The molecule has 9 heterocycles. The van der Waals surface area contributed by atoms with E-state index in [4.69, 9.17) is 32.7 Å². The number of fused-ring (bicyclic) bond motifs is 4. The van der Waals surface area contributed by atoms with E-state index in [1.165, 1.54) is 77.9 Å². The van der Waals surface area contributed by atoms with Gasteiger partial charge >= 0.3 is 0 Å². The van der Waals surface area contributed by atoms with Crippen LogP contribution in [0.4, 0.5) is 49.9 Å². The van der Waals surface area contributed by atoms with Crippen molar-refractivity contribution in [3.8, 4) is 45.0 Å². The molecule has 722 valence electrons. The summed E-state index contributed by atoms with van der Waals surface area (Å²) in [5, 5.41) is 13.0. The zero-order chi connectivity index (χ0) is 99.0. The number of pyridine rings is 5. The molecule has 4 fully saturated rings. The van der Waals surface area contributed by atoms with Gasteiger partial charge in [0.15, 0.2) is 11.9 Å². The molecule has 4 aliphatic rings. The second kappa shape index (κ2) is 42.2. The van der Waals surface area contributed by atoms with Crippen LogP contribution < -0.4 is 37.3 Å². The lowest BCUT2D eigenvalue weighted by Gasteiger charge is -2.28. The number of nitrogens with one attached hydrogen (secondary N) is 4. The maximum Gasteiger partial charge on any atom is 0.263 e. The van der Waals surface area contributed by atoms with Gasteiger partial charge in [0.1, 0.15) is 10.7 Å². The van der Waals surface area contributed by atoms with Crippen LogP contribution >= 0.6 is 23.2 Å². The van der Waals surface area contributed by atoms with Crippen molar-refractivity contribution in [1.29, 1.82) is 0 Å². The molecular formula is C103H92Cl2FN13O16S6. The van der Waals surface area contributed by atoms with Gasteiger partial charge in [0, 0.05) is 122 Å². The van der Waals surface area contributed by atoms with Crippen LogP contribution in [0.3, 0.4) is 0 Å². The molecule has 4 N–H and O–H groups in total. The molecule has 20 rings (SSSR count). The van der Waals surface area contributed by atoms with E-state index in [0.29, 0.717) is 112 Å². The molecule has 11 aromatic carbocycles. The first kappa shape index (κ1) is 98.7. The highest BCUT2D eigenvalue weighted by Crippen LogP contribution is 2.40. The Morgan fingerprint density at radius 1 is 0.383 bits per heavy atom. The number of aromatic nitrogens is 5. The number of carbonyl (C=O) groups excluding carboxylic acids is 2. The highest BCUT2D eigenvalue weighted by atomic mass is 35.5. The van der Waals surface area contributed by atoms with Crippen LogP contribution in [0.5, 0.6) is 0 Å². The minimum absolute atomic E-state index is 0.0346. The molecule has 5 aromatic heterocycles. The minimum atomic E-state index is -4.05. The van der Waals surface area contributed by atoms with Gasteiger partial charge in [-0.15, -0.1) is 0 Å². The van der Waals surface area contributed by atoms with Gasteiger partial charge in [-0.25, -0.2) is 59.9 Å². The van der Waals surface area contributed by atoms with Crippen LogP contribution in [0, 0.1) is 19.7 Å². The Kier molecular flexibility index (Phi) is 29.6. The number of rotatable bonds is 18. The van der Waals surface area contributed by atoms with Gasteiger partial charge in [0.2, 0.25) is 20.0 Å². The Morgan fingerprint density at radius 2 is 0.809 bits per heavy atom. The largest absolute Gasteiger partial charge is 0.362 e. The highest BCUT2D eigenvalue weighted by Gasteiger charge is 2.33. The Balaban J connectivity index is 0.000000130. The predicted molar refractivity (Wildman–Crippen MR) is 553 cm³/mol. The van der Waals surface area contributed by atoms with Crippen LogP contribution in [0.2, 0.25) is 10.0 Å². The summed E-state index contributed by atoms with van der Waals surface area (Å²) in [7, 11) is -22.0. The molecule has 141 heavy (non-hydrogen) atoms. The first-order chi connectivity index (χ1) is 67.7. The van der Waals surface area contributed by atoms with Crippen molar-refractivity contribution >= 4 is 184 Å². The Hall–Kier alpha value is -13.9. The summed E-state index contributed by atoms with van der Waals surface area (Å²) in [6.45, 7) is 5.83. The van der Waals surface area contributed by atoms with E-state index in [2.05, 4.69) is 45.0 Å². The van der Waals surface area contributed by atoms with Gasteiger partial charge in [-0.3, -0.25) is 56.2 Å². The van der Waals surface area contributed by atoms with Crippen molar-refractivity contribution in [3.05, 3.63) is 342 Å². The smallest absolute Gasteiger partial charge is 0.263 e. The first-order valence-electron chi connectivity index (χ1n) is 44.7. The molecule has 4 saturated heterocycles. The molecule has 0 spiro atoms. The summed E-state index contributed by atoms with van der Waals surface area (Å²) in [4.78, 5) is 47.8. The van der Waals surface area contributed by atoms with Gasteiger partial charge in [-0.1, -0.05) is 121 Å². The number of ether oxygens (including phenoxy) is 2. The molecule has 0 atom stereocenters. The van der Waals surface area contributed by atoms with E-state index < -0.39 is 66.0 Å². The summed E-state index contributed by atoms with van der Waals surface area (Å²) >= 11 is 12.8. The molecule has 0 bridgehead atoms. The zero-order valence-electron chi connectivity index (χ0n) is 75.8. The Morgan fingerprint density at radius 3 is 1.31 bits per heavy atom. The Labute approximate surface area is 825 Å². The lowest BCUT2D eigenvalue weighted by Crippen LogP contribution is -2.41. The number of aryl methyl sites for hydroxylation is 2. The number of hydrogen-bond donors (Lipinski definition) is 4. The van der Waals surface area contributed by atoms with Gasteiger partial charge in [0.05, 0.1) is 104 Å². The number of benzene rings is 11. The SMILES string of the molecule is Cc1ccc(NC(=O)c2ccc(N3CCOCS3(=O)=O)cc2)cc1-c1nccc2ccccc12.Cc1ccc(NS(=O)(=O)c2ccc(N3CCCCCS3(=O)=O)cc2Cl)cc1-c1nccc2ccccc12.O=C(Nc1ccc(Cl)c(-c2ccc3cnccc3n2)c1)c1ccc(N2CCOCS2(=O)=O)cc1.O=S(=O)(Nc1ccc(F)c(-c2nccc3ccccc23)c1)c1ccc(N2CCCCCS2(=O)=O)cc1. The van der Waals surface area contributed by atoms with Crippen molar-refractivity contribution < 1.29 is 74.0 Å². The molecule has 0 aliphatic carbocycles. The summed E-state index contributed by atoms with van der Waals surface area (Å²) in [6.07, 6.45) is 12.9. The standard InChI is InChI=1S/C27H26ClN3O4S2.C26H24FN3O4S2.C26H23N3O4S.C24H19ClN4O4S/c1-19-9-10-21(17-24(19)27-23-8-4-3-7-20(23)13-14-29-27)30-37(34,35)26-12-11-22(18-25(26)28)31-15-5-2-6-16-36(31,32)33;27-25-13-8-20(18-24(25)26-23-7-3-2-6-19(23)14-15-28-26)29-36(33,34)22-11-9-21(10-12-22)30-16-4-1-5-17-35(30,31)32;1-18-6-9-21(16-24(18)25-23-5-3-2-4-19(23)12-13-27-25)28-26(30)20-7-10-22(11-8-20)29-14-15-33-17-34(29,31)32;25-21-7-4-18(13-20(21)23-8-3-17-14-26-10-9-22(17)28-23)27-24(30)16-1-5-19(6-2-16)29-11-12-33-15-34(29,31)32/h3-4,7-14,17-18,30H,2,5-6,15-16H2,1H3;2-3,6-15,18,29H,1,4-5,16-17H2;2-13,16H,14-15,17H2,1H3,(H,28,30);1-10,13-14H,11-12,15H2,(H,27,30). The van der Waals surface area contributed by atoms with E-state index in [0.717, 1.165) is 103 Å². The van der Waals surface area contributed by atoms with Gasteiger partial charge in [-0.2, -0.15) is 0 Å². The van der Waals surface area contributed by atoms with Crippen molar-refractivity contribution in [2.45, 2.75) is 62.2 Å². The molecule has 2 amide bonds. The van der Waals surface area contributed by atoms with Crippen LogP contribution in [0.25, 0.3) is 88.2 Å². The second-order valence-corrected chi connectivity index (χ2v) is 45.3. The van der Waals surface area contributed by atoms with Crippen molar-refractivity contribution in [1.82, 2.24) is 24.9 Å². The van der Waals surface area contributed by atoms with Crippen LogP contribution in [0.1, 0.15) is 70.4 Å². The third kappa shape index (κ3) is 22.8. The summed E-state index contributed by atoms with van der Waals surface area (Å²) < 4.78 is 187. The third-order valence-electron chi connectivity index (χ3n) is 24.0. The molecule has 0 saturated carbocycles. The minimum Gasteiger partial charge on any atom is -0.362 e. The number of hydrogen-bond acceptors (Lipinski definition) is 21. The Bertz CT molecular complexity index is 8220. The number of carbonyl (C=O) groups is 2. The normalized spacial score (nSPS) is 15.6. The topological polar surface area (TPSA) is 383 Å². The maximum atomic E-state index is 14.8. The van der Waals surface area contributed by atoms with Crippen LogP contribution in [-0.2, 0) is 69.6 Å². The molecule has 4 aliphatic heterocycles. The van der Waals surface area contributed by atoms with Crippen molar-refractivity contribution in [2.75, 3.05) is 100 Å². The van der Waals surface area contributed by atoms with Gasteiger partial charge in [-0.05, 0) is 255 Å². The molecule has 16 aromatic rings. The highest BCUT2D eigenvalue weighted by molar-refractivity contribution is 7.94. The summed E-state index contributed by atoms with van der Waals surface area (Å²) in [6, 6.07) is 77.8. The average Bonchev–Trinajstić information content (AvgIpc) is 1.01. The molecule has 29 nitrogen and oxygen atoms in total.